The molecule has 2 aromatic rings. The molecule has 0 atom stereocenters. The van der Waals surface area contributed by atoms with E-state index in [2.05, 4.69) is 9.88 Å². The monoisotopic (exact) mass is 313 g/mol. The first-order valence-electron chi connectivity index (χ1n) is 8.18. The SMILES string of the molecule is Cc1cc(=O)c(O)c(CN2CCCCC2)n1Cc1ccncc1. The van der Waals surface area contributed by atoms with Gasteiger partial charge in [0.2, 0.25) is 5.43 Å². The number of aromatic hydroxyl groups is 1. The molecule has 0 amide bonds. The maximum absolute atomic E-state index is 12.0. The van der Waals surface area contributed by atoms with E-state index in [4.69, 9.17) is 0 Å². The summed E-state index contributed by atoms with van der Waals surface area (Å²) in [4.78, 5) is 18.4. The van der Waals surface area contributed by atoms with Gasteiger partial charge in [0.25, 0.3) is 0 Å². The summed E-state index contributed by atoms with van der Waals surface area (Å²) in [5.41, 5.74) is 2.40. The minimum Gasteiger partial charge on any atom is -0.503 e. The van der Waals surface area contributed by atoms with Gasteiger partial charge in [-0.3, -0.25) is 14.7 Å². The van der Waals surface area contributed by atoms with Gasteiger partial charge >= 0.3 is 0 Å². The first-order valence-corrected chi connectivity index (χ1v) is 8.18. The summed E-state index contributed by atoms with van der Waals surface area (Å²) in [5.74, 6) is -0.116. The van der Waals surface area contributed by atoms with Crippen LogP contribution < -0.4 is 5.43 Å². The zero-order chi connectivity index (χ0) is 16.2. The zero-order valence-electron chi connectivity index (χ0n) is 13.5. The highest BCUT2D eigenvalue weighted by Gasteiger charge is 2.18. The first-order chi connectivity index (χ1) is 11.1. The van der Waals surface area contributed by atoms with Crippen LogP contribution in [0.25, 0.3) is 0 Å². The number of hydrogen-bond donors (Lipinski definition) is 1. The molecule has 0 aromatic carbocycles. The van der Waals surface area contributed by atoms with Gasteiger partial charge in [0, 0.05) is 37.2 Å². The molecule has 0 spiro atoms. The second-order valence-electron chi connectivity index (χ2n) is 6.22. The Morgan fingerprint density at radius 1 is 1.13 bits per heavy atom. The molecule has 1 N–H and O–H groups in total. The molecule has 5 nitrogen and oxygen atoms in total. The predicted molar refractivity (Wildman–Crippen MR) is 89.6 cm³/mol. The average Bonchev–Trinajstić information content (AvgIpc) is 2.58. The number of nitrogens with zero attached hydrogens (tertiary/aromatic N) is 3. The molecule has 1 saturated heterocycles. The fourth-order valence-corrected chi connectivity index (χ4v) is 3.20. The minimum absolute atomic E-state index is 0.116. The van der Waals surface area contributed by atoms with E-state index in [1.54, 1.807) is 12.4 Å². The Bertz CT molecular complexity index is 719. The van der Waals surface area contributed by atoms with Gasteiger partial charge in [0.15, 0.2) is 5.75 Å². The van der Waals surface area contributed by atoms with E-state index in [1.165, 1.54) is 25.3 Å². The Labute approximate surface area is 136 Å². The summed E-state index contributed by atoms with van der Waals surface area (Å²) >= 11 is 0. The van der Waals surface area contributed by atoms with Crippen molar-refractivity contribution in [3.8, 4) is 5.75 Å². The van der Waals surface area contributed by atoms with Crippen molar-refractivity contribution >= 4 is 0 Å². The summed E-state index contributed by atoms with van der Waals surface area (Å²) in [7, 11) is 0. The van der Waals surface area contributed by atoms with Crippen molar-refractivity contribution in [3.05, 3.63) is 57.8 Å². The van der Waals surface area contributed by atoms with Gasteiger partial charge in [-0.2, -0.15) is 0 Å². The summed E-state index contributed by atoms with van der Waals surface area (Å²) < 4.78 is 2.04. The number of aromatic nitrogens is 2. The highest BCUT2D eigenvalue weighted by Crippen LogP contribution is 2.20. The maximum Gasteiger partial charge on any atom is 0.223 e. The molecule has 0 unspecified atom stereocenters. The number of rotatable bonds is 4. The Balaban J connectivity index is 1.96. The van der Waals surface area contributed by atoms with Crippen molar-refractivity contribution in [2.75, 3.05) is 13.1 Å². The van der Waals surface area contributed by atoms with Crippen molar-refractivity contribution in [2.24, 2.45) is 0 Å². The number of aryl methyl sites for hydroxylation is 1. The lowest BCUT2D eigenvalue weighted by Gasteiger charge is -2.28. The second kappa shape index (κ2) is 6.96. The molecule has 5 heteroatoms. The highest BCUT2D eigenvalue weighted by molar-refractivity contribution is 5.31. The molecule has 0 radical (unpaired) electrons. The van der Waals surface area contributed by atoms with Crippen molar-refractivity contribution in [1.29, 1.82) is 0 Å². The van der Waals surface area contributed by atoms with Crippen LogP contribution in [0, 0.1) is 6.92 Å². The molecule has 1 aliphatic heterocycles. The van der Waals surface area contributed by atoms with Gasteiger partial charge in [-0.05, 0) is 50.6 Å². The van der Waals surface area contributed by atoms with Gasteiger partial charge in [-0.15, -0.1) is 0 Å². The van der Waals surface area contributed by atoms with Crippen LogP contribution in [-0.4, -0.2) is 32.6 Å². The molecule has 1 aliphatic rings. The van der Waals surface area contributed by atoms with Crippen LogP contribution in [0.2, 0.25) is 0 Å². The van der Waals surface area contributed by atoms with Crippen molar-refractivity contribution in [3.63, 3.8) is 0 Å². The largest absolute Gasteiger partial charge is 0.503 e. The van der Waals surface area contributed by atoms with Crippen LogP contribution >= 0.6 is 0 Å². The average molecular weight is 313 g/mol. The Morgan fingerprint density at radius 3 is 2.52 bits per heavy atom. The van der Waals surface area contributed by atoms with Crippen LogP contribution in [-0.2, 0) is 13.1 Å². The van der Waals surface area contributed by atoms with E-state index in [0.717, 1.165) is 24.3 Å². The van der Waals surface area contributed by atoms with Crippen molar-refractivity contribution in [2.45, 2.75) is 39.3 Å². The Morgan fingerprint density at radius 2 is 1.83 bits per heavy atom. The van der Waals surface area contributed by atoms with E-state index in [9.17, 15) is 9.90 Å². The molecule has 0 saturated carbocycles. The summed E-state index contributed by atoms with van der Waals surface area (Å²) in [6, 6.07) is 5.43. The molecule has 3 rings (SSSR count). The second-order valence-corrected chi connectivity index (χ2v) is 6.22. The Hall–Kier alpha value is -2.14. The summed E-state index contributed by atoms with van der Waals surface area (Å²) in [6.45, 7) is 5.22. The molecule has 0 aliphatic carbocycles. The standard InChI is InChI=1S/C18H23N3O2/c1-14-11-17(22)18(23)16(13-20-9-3-2-4-10-20)21(14)12-15-5-7-19-8-6-15/h5-8,11,23H,2-4,9-10,12-13H2,1H3. The van der Waals surface area contributed by atoms with E-state index >= 15 is 0 Å². The molecule has 122 valence electrons. The molecule has 3 heterocycles. The normalized spacial score (nSPS) is 15.7. The third-order valence-electron chi connectivity index (χ3n) is 4.51. The number of pyridine rings is 2. The molecule has 23 heavy (non-hydrogen) atoms. The quantitative estimate of drug-likeness (QED) is 0.941. The predicted octanol–water partition coefficient (Wildman–Crippen LogP) is 2.29. The maximum atomic E-state index is 12.0. The third-order valence-corrected chi connectivity index (χ3v) is 4.51. The lowest BCUT2D eigenvalue weighted by molar-refractivity contribution is 0.212. The number of piperidine rings is 1. The molecule has 1 fully saturated rings. The molecular weight excluding hydrogens is 290 g/mol. The van der Waals surface area contributed by atoms with Gasteiger partial charge in [0.05, 0.1) is 5.69 Å². The van der Waals surface area contributed by atoms with Crippen LogP contribution in [0.5, 0.6) is 5.75 Å². The lowest BCUT2D eigenvalue weighted by Crippen LogP contribution is -2.31. The smallest absolute Gasteiger partial charge is 0.223 e. The lowest BCUT2D eigenvalue weighted by atomic mass is 10.1. The minimum atomic E-state index is -0.291. The van der Waals surface area contributed by atoms with Crippen LogP contribution in [0.4, 0.5) is 0 Å². The fraction of sp³-hybridized carbons (Fsp3) is 0.444. The topological polar surface area (TPSA) is 58.4 Å². The Kier molecular flexibility index (Phi) is 4.76. The first kappa shape index (κ1) is 15.7. The van der Waals surface area contributed by atoms with Crippen molar-refractivity contribution in [1.82, 2.24) is 14.5 Å². The molecular formula is C18H23N3O2. The van der Waals surface area contributed by atoms with Gasteiger partial charge in [-0.1, -0.05) is 6.42 Å². The molecule has 2 aromatic heterocycles. The van der Waals surface area contributed by atoms with E-state index < -0.39 is 0 Å². The number of hydrogen-bond acceptors (Lipinski definition) is 4. The van der Waals surface area contributed by atoms with Crippen molar-refractivity contribution < 1.29 is 5.11 Å². The van der Waals surface area contributed by atoms with Crippen LogP contribution in [0.15, 0.2) is 35.4 Å². The van der Waals surface area contributed by atoms with E-state index in [0.29, 0.717) is 18.8 Å². The number of likely N-dealkylation sites (tertiary alicyclic amines) is 1. The zero-order valence-corrected chi connectivity index (χ0v) is 13.5. The van der Waals surface area contributed by atoms with Gasteiger partial charge in [-0.25, -0.2) is 0 Å². The summed E-state index contributed by atoms with van der Waals surface area (Å²) in [6.07, 6.45) is 7.15. The molecule has 0 bridgehead atoms. The highest BCUT2D eigenvalue weighted by atomic mass is 16.3. The van der Waals surface area contributed by atoms with Crippen LogP contribution in [0.1, 0.15) is 36.2 Å². The third kappa shape index (κ3) is 3.62. The van der Waals surface area contributed by atoms with Gasteiger partial charge in [0.1, 0.15) is 0 Å². The fourth-order valence-electron chi connectivity index (χ4n) is 3.20. The van der Waals surface area contributed by atoms with E-state index in [-0.39, 0.29) is 11.2 Å². The van der Waals surface area contributed by atoms with Crippen LogP contribution in [0.3, 0.4) is 0 Å². The summed E-state index contributed by atoms with van der Waals surface area (Å²) in [5, 5.41) is 10.3. The van der Waals surface area contributed by atoms with Gasteiger partial charge < -0.3 is 9.67 Å². The van der Waals surface area contributed by atoms with E-state index in [1.807, 2.05) is 23.6 Å².